The van der Waals surface area contributed by atoms with Crippen molar-refractivity contribution in [2.75, 3.05) is 5.32 Å². The summed E-state index contributed by atoms with van der Waals surface area (Å²) in [7, 11) is 0. The molecule has 9 heteroatoms. The van der Waals surface area contributed by atoms with Crippen LogP contribution < -0.4 is 5.32 Å². The van der Waals surface area contributed by atoms with Gasteiger partial charge in [0.05, 0.1) is 0 Å². The van der Waals surface area contributed by atoms with Gasteiger partial charge in [0.1, 0.15) is 17.8 Å². The molecule has 0 saturated heterocycles. The second-order valence-corrected chi connectivity index (χ2v) is 3.65. The van der Waals surface area contributed by atoms with Crippen molar-refractivity contribution < 1.29 is 22.4 Å². The van der Waals surface area contributed by atoms with Crippen LogP contribution in [0.4, 0.5) is 28.9 Å². The summed E-state index contributed by atoms with van der Waals surface area (Å²) in [5, 5.41) is 3.83. The molecule has 1 N–H and O–H groups in total. The molecule has 0 unspecified atom stereocenters. The Balaban J connectivity index is 2.97. The highest BCUT2D eigenvalue weighted by Crippen LogP contribution is 2.32. The van der Waals surface area contributed by atoms with E-state index >= 15 is 0 Å². The molecule has 4 nitrogen and oxygen atoms in total. The third-order valence-electron chi connectivity index (χ3n) is 1.76. The average Bonchev–Trinajstić information content (AvgIpc) is 2.18. The Bertz CT molecular complexity index is 490. The largest absolute Gasteiger partial charge is 0.397 e. The van der Waals surface area contributed by atoms with E-state index in [1.807, 2.05) is 0 Å². The third kappa shape index (κ3) is 3.95. The molecule has 98 valence electrons. The number of alkyl halides is 3. The van der Waals surface area contributed by atoms with Crippen molar-refractivity contribution in [3.63, 3.8) is 0 Å². The molecule has 0 atom stereocenters. The Morgan fingerprint density at radius 1 is 1.39 bits per heavy atom. The number of hydrogen-bond donors (Lipinski definition) is 1. The summed E-state index contributed by atoms with van der Waals surface area (Å²) in [5.74, 6) is -2.65. The maximum atomic E-state index is 13.3. The van der Waals surface area contributed by atoms with Crippen molar-refractivity contribution in [1.29, 1.82) is 0 Å². The molecular formula is C9H5ClF4N2O2. The highest BCUT2D eigenvalue weighted by atomic mass is 35.5. The molecule has 1 aromatic carbocycles. The van der Waals surface area contributed by atoms with Crippen LogP contribution in [0.25, 0.3) is 0 Å². The van der Waals surface area contributed by atoms with Gasteiger partial charge in [-0.2, -0.15) is 13.2 Å². The summed E-state index contributed by atoms with van der Waals surface area (Å²) in [6.07, 6.45) is -6.53. The number of carbonyl (C=O) groups is 1. The minimum atomic E-state index is -4.73. The van der Waals surface area contributed by atoms with Crippen molar-refractivity contribution >= 4 is 28.9 Å². The van der Waals surface area contributed by atoms with Gasteiger partial charge in [0.25, 0.3) is 0 Å². The van der Waals surface area contributed by atoms with Gasteiger partial charge >= 0.3 is 6.18 Å². The number of benzene rings is 1. The fourth-order valence-corrected chi connectivity index (χ4v) is 1.32. The topological polar surface area (TPSA) is 58.5 Å². The highest BCUT2D eigenvalue weighted by molar-refractivity contribution is 6.31. The maximum absolute atomic E-state index is 13.3. The first-order valence-corrected chi connectivity index (χ1v) is 4.79. The minimum Gasteiger partial charge on any atom is -0.321 e. The number of rotatable bonds is 3. The summed E-state index contributed by atoms with van der Waals surface area (Å²) in [6.45, 7) is 0. The zero-order valence-electron chi connectivity index (χ0n) is 8.52. The lowest BCUT2D eigenvalue weighted by atomic mass is 10.2. The molecule has 1 rings (SSSR count). The fraction of sp³-hybridized carbons (Fsp3) is 0.222. The van der Waals surface area contributed by atoms with Gasteiger partial charge in [-0.1, -0.05) is 11.6 Å². The van der Waals surface area contributed by atoms with Crippen LogP contribution in [0.5, 0.6) is 0 Å². The molecule has 0 bridgehead atoms. The summed E-state index contributed by atoms with van der Waals surface area (Å²) in [6, 6.07) is 1.65. The van der Waals surface area contributed by atoms with Crippen LogP contribution in [0.2, 0.25) is 5.02 Å². The first kappa shape index (κ1) is 14.4. The maximum Gasteiger partial charge on any atom is 0.397 e. The quantitative estimate of drug-likeness (QED) is 0.678. The monoisotopic (exact) mass is 284 g/mol. The Hall–Kier alpha value is -1.70. The Morgan fingerprint density at radius 3 is 2.50 bits per heavy atom. The Kier molecular flexibility index (Phi) is 4.23. The molecule has 0 aromatic heterocycles. The van der Waals surface area contributed by atoms with Gasteiger partial charge in [0.2, 0.25) is 5.91 Å². The number of halogens is 5. The van der Waals surface area contributed by atoms with Crippen LogP contribution in [-0.2, 0) is 4.79 Å². The summed E-state index contributed by atoms with van der Waals surface area (Å²) >= 11 is 5.41. The first-order valence-electron chi connectivity index (χ1n) is 4.42. The van der Waals surface area contributed by atoms with Crippen LogP contribution in [0.3, 0.4) is 0 Å². The minimum absolute atomic E-state index is 0.170. The Labute approximate surface area is 103 Å². The lowest BCUT2D eigenvalue weighted by Crippen LogP contribution is -2.21. The van der Waals surface area contributed by atoms with Gasteiger partial charge in [-0.05, 0) is 17.3 Å². The molecule has 1 aromatic rings. The van der Waals surface area contributed by atoms with E-state index in [-0.39, 0.29) is 5.02 Å². The van der Waals surface area contributed by atoms with Gasteiger partial charge < -0.3 is 5.32 Å². The van der Waals surface area contributed by atoms with E-state index in [2.05, 4.69) is 5.18 Å². The number of carbonyl (C=O) groups excluding carboxylic acids is 1. The SMILES string of the molecule is O=Nc1cc(Cl)cc(F)c1NC(=O)CC(F)(F)F. The molecule has 1 amide bonds. The zero-order valence-corrected chi connectivity index (χ0v) is 9.27. The standard InChI is InChI=1S/C9H5ClF4N2O2/c10-4-1-5(11)8(6(2-4)16-18)15-7(17)3-9(12,13)14/h1-2H,3H2,(H,15,17). The molecule has 0 fully saturated rings. The summed E-state index contributed by atoms with van der Waals surface area (Å²) in [4.78, 5) is 21.3. The average molecular weight is 285 g/mol. The molecular weight excluding hydrogens is 280 g/mol. The lowest BCUT2D eigenvalue weighted by Gasteiger charge is -2.10. The van der Waals surface area contributed by atoms with E-state index in [1.54, 1.807) is 5.32 Å². The van der Waals surface area contributed by atoms with Crippen molar-refractivity contribution in [2.45, 2.75) is 12.6 Å². The molecule has 0 radical (unpaired) electrons. The van der Waals surface area contributed by atoms with Crippen molar-refractivity contribution in [1.82, 2.24) is 0 Å². The molecule has 0 aliphatic heterocycles. The molecule has 0 aliphatic rings. The third-order valence-corrected chi connectivity index (χ3v) is 1.98. The molecule has 0 heterocycles. The van der Waals surface area contributed by atoms with E-state index < -0.39 is 35.7 Å². The van der Waals surface area contributed by atoms with Crippen LogP contribution in [0.1, 0.15) is 6.42 Å². The lowest BCUT2D eigenvalue weighted by molar-refractivity contribution is -0.150. The second-order valence-electron chi connectivity index (χ2n) is 3.21. The number of nitrogens with zero attached hydrogens (tertiary/aromatic N) is 1. The number of nitroso groups, excluding NO2 is 1. The zero-order chi connectivity index (χ0) is 13.9. The fourth-order valence-electron chi connectivity index (χ4n) is 1.12. The second kappa shape index (κ2) is 5.30. The number of amides is 1. The van der Waals surface area contributed by atoms with Crippen molar-refractivity contribution in [3.8, 4) is 0 Å². The van der Waals surface area contributed by atoms with E-state index in [1.165, 1.54) is 0 Å². The van der Waals surface area contributed by atoms with E-state index in [0.29, 0.717) is 0 Å². The summed E-state index contributed by atoms with van der Waals surface area (Å²) < 4.78 is 49.0. The number of nitrogens with one attached hydrogen (secondary N) is 1. The predicted octanol–water partition coefficient (Wildman–Crippen LogP) is 3.77. The van der Waals surface area contributed by atoms with Crippen molar-refractivity contribution in [3.05, 3.63) is 27.9 Å². The van der Waals surface area contributed by atoms with E-state index in [4.69, 9.17) is 11.6 Å². The Morgan fingerprint density at radius 2 is 2.00 bits per heavy atom. The van der Waals surface area contributed by atoms with E-state index in [9.17, 15) is 27.3 Å². The molecule has 0 saturated carbocycles. The normalized spacial score (nSPS) is 11.2. The van der Waals surface area contributed by atoms with Crippen LogP contribution in [0.15, 0.2) is 17.3 Å². The first-order chi connectivity index (χ1) is 8.23. The van der Waals surface area contributed by atoms with Crippen molar-refractivity contribution in [2.24, 2.45) is 5.18 Å². The highest BCUT2D eigenvalue weighted by Gasteiger charge is 2.31. The van der Waals surface area contributed by atoms with Crippen LogP contribution >= 0.6 is 11.6 Å². The van der Waals surface area contributed by atoms with Gasteiger partial charge in [-0.3, -0.25) is 4.79 Å². The molecule has 18 heavy (non-hydrogen) atoms. The predicted molar refractivity (Wildman–Crippen MR) is 56.2 cm³/mol. The van der Waals surface area contributed by atoms with Gasteiger partial charge in [-0.25, -0.2) is 4.39 Å². The van der Waals surface area contributed by atoms with Gasteiger partial charge in [0.15, 0.2) is 5.82 Å². The van der Waals surface area contributed by atoms with Gasteiger partial charge in [-0.15, -0.1) is 4.91 Å². The summed E-state index contributed by atoms with van der Waals surface area (Å²) in [5.41, 5.74) is -1.32. The molecule has 0 spiro atoms. The van der Waals surface area contributed by atoms with Gasteiger partial charge in [0, 0.05) is 5.02 Å². The smallest absolute Gasteiger partial charge is 0.321 e. The number of hydrogen-bond acceptors (Lipinski definition) is 3. The van der Waals surface area contributed by atoms with E-state index in [0.717, 1.165) is 12.1 Å². The molecule has 0 aliphatic carbocycles. The van der Waals surface area contributed by atoms with Crippen LogP contribution in [0, 0.1) is 10.7 Å². The number of anilines is 1. The van der Waals surface area contributed by atoms with Crippen LogP contribution in [-0.4, -0.2) is 12.1 Å².